The summed E-state index contributed by atoms with van der Waals surface area (Å²) in [6, 6.07) is 7.80. The molecule has 0 bridgehead atoms. The fourth-order valence-corrected chi connectivity index (χ4v) is 4.26. The van der Waals surface area contributed by atoms with Gasteiger partial charge in [0.2, 0.25) is 11.7 Å². The molecule has 0 aliphatic heterocycles. The molecule has 3 aromatic rings. The Bertz CT molecular complexity index is 1440. The quantitative estimate of drug-likeness (QED) is 0.148. The van der Waals surface area contributed by atoms with E-state index in [0.29, 0.717) is 28.8 Å². The third-order valence-corrected chi connectivity index (χ3v) is 6.46. The molecule has 39 heavy (non-hydrogen) atoms. The molecular weight excluding hydrogens is 500 g/mol. The predicted octanol–water partition coefficient (Wildman–Crippen LogP) is 5.55. The van der Waals surface area contributed by atoms with Crippen molar-refractivity contribution in [2.24, 2.45) is 7.05 Å². The molecular formula is C30H36N2O7. The predicted molar refractivity (Wildman–Crippen MR) is 152 cm³/mol. The summed E-state index contributed by atoms with van der Waals surface area (Å²) in [4.78, 5) is 37.3. The number of pyridine rings is 1. The number of ketones is 1. The summed E-state index contributed by atoms with van der Waals surface area (Å²) in [7, 11) is 2.95. The van der Waals surface area contributed by atoms with E-state index in [1.54, 1.807) is 25.2 Å². The van der Waals surface area contributed by atoms with Crippen LogP contribution in [0.1, 0.15) is 68.3 Å². The van der Waals surface area contributed by atoms with E-state index < -0.39 is 11.5 Å². The zero-order chi connectivity index (χ0) is 28.5. The molecule has 3 N–H and O–H groups in total. The maximum absolute atomic E-state index is 12.9. The smallest absolute Gasteiger partial charge is 0.297 e. The maximum atomic E-state index is 12.9. The lowest BCUT2D eigenvalue weighted by Crippen LogP contribution is -2.20. The molecule has 0 atom stereocenters. The number of amides is 1. The van der Waals surface area contributed by atoms with Gasteiger partial charge in [0.05, 0.1) is 24.8 Å². The third kappa shape index (κ3) is 7.19. The summed E-state index contributed by atoms with van der Waals surface area (Å²) in [6.45, 7) is 3.84. The molecule has 9 heteroatoms. The lowest BCUT2D eigenvalue weighted by Gasteiger charge is -2.14. The average molecular weight is 537 g/mol. The Morgan fingerprint density at radius 3 is 2.44 bits per heavy atom. The average Bonchev–Trinajstić information content (AvgIpc) is 2.92. The van der Waals surface area contributed by atoms with Gasteiger partial charge < -0.3 is 29.6 Å². The van der Waals surface area contributed by atoms with Gasteiger partial charge in [-0.15, -0.1) is 0 Å². The number of phenolic OH excluding ortho intramolecular Hbond substituents is 1. The molecule has 2 aromatic carbocycles. The molecule has 0 aliphatic carbocycles. The van der Waals surface area contributed by atoms with Crippen LogP contribution in [0.3, 0.4) is 0 Å². The lowest BCUT2D eigenvalue weighted by atomic mass is 10.1. The van der Waals surface area contributed by atoms with Gasteiger partial charge in [-0.05, 0) is 55.3 Å². The highest BCUT2D eigenvalue weighted by Gasteiger charge is 2.17. The molecule has 0 fully saturated rings. The SMILES string of the molecule is CCCCCCCCOc1c(O)c2ccc(NC(=O)/C=C/c3cc(OC)c(O)c(C(C)=O)c3)cc2n(C)c1=O. The highest BCUT2D eigenvalue weighted by molar-refractivity contribution is 6.04. The standard InChI is InChI=1S/C30H36N2O7/c1-5-6-7-8-9-10-15-39-29-28(36)22-13-12-21(18-24(22)32(3)30(29)37)31-26(34)14-11-20-16-23(19(2)33)27(35)25(17-20)38-4/h11-14,16-18,35-36H,5-10,15H2,1-4H3,(H,31,34)/b14-11+. The minimum absolute atomic E-state index is 0.0764. The second-order valence-corrected chi connectivity index (χ2v) is 9.39. The second kappa shape index (κ2) is 13.5. The molecule has 1 amide bonds. The Morgan fingerprint density at radius 1 is 1.03 bits per heavy atom. The van der Waals surface area contributed by atoms with Crippen LogP contribution in [0.4, 0.5) is 5.69 Å². The molecule has 3 rings (SSSR count). The summed E-state index contributed by atoms with van der Waals surface area (Å²) >= 11 is 0. The second-order valence-electron chi connectivity index (χ2n) is 9.39. The Balaban J connectivity index is 1.74. The highest BCUT2D eigenvalue weighted by atomic mass is 16.5. The fourth-order valence-electron chi connectivity index (χ4n) is 4.26. The molecule has 0 saturated heterocycles. The number of Topliss-reactive ketones (excluding diaryl/α,β-unsaturated/α-hetero) is 1. The van der Waals surface area contributed by atoms with Crippen LogP contribution >= 0.6 is 0 Å². The normalized spacial score (nSPS) is 11.2. The van der Waals surface area contributed by atoms with Crippen molar-refractivity contribution in [3.8, 4) is 23.0 Å². The van der Waals surface area contributed by atoms with Gasteiger partial charge in [0, 0.05) is 24.2 Å². The number of carbonyl (C=O) groups excluding carboxylic acids is 2. The largest absolute Gasteiger partial charge is 0.504 e. The van der Waals surface area contributed by atoms with Gasteiger partial charge in [-0.1, -0.05) is 39.0 Å². The topological polar surface area (TPSA) is 127 Å². The van der Waals surface area contributed by atoms with Crippen LogP contribution in [0.25, 0.3) is 17.0 Å². The van der Waals surface area contributed by atoms with Crippen LogP contribution in [-0.2, 0) is 11.8 Å². The van der Waals surface area contributed by atoms with Crippen LogP contribution in [-0.4, -0.2) is 40.2 Å². The molecule has 0 spiro atoms. The van der Waals surface area contributed by atoms with Gasteiger partial charge in [-0.3, -0.25) is 14.4 Å². The summed E-state index contributed by atoms with van der Waals surface area (Å²) < 4.78 is 12.2. The summed E-state index contributed by atoms with van der Waals surface area (Å²) in [5.41, 5.74) is 0.960. The maximum Gasteiger partial charge on any atom is 0.297 e. The van der Waals surface area contributed by atoms with Crippen molar-refractivity contribution in [3.05, 3.63) is 57.9 Å². The van der Waals surface area contributed by atoms with Gasteiger partial charge in [0.15, 0.2) is 23.0 Å². The van der Waals surface area contributed by atoms with Crippen molar-refractivity contribution in [2.75, 3.05) is 19.0 Å². The molecule has 0 saturated carbocycles. The van der Waals surface area contributed by atoms with E-state index in [4.69, 9.17) is 9.47 Å². The van der Waals surface area contributed by atoms with Crippen LogP contribution in [0.2, 0.25) is 0 Å². The van der Waals surface area contributed by atoms with Crippen molar-refractivity contribution >= 4 is 34.4 Å². The van der Waals surface area contributed by atoms with E-state index in [1.165, 1.54) is 62.1 Å². The first-order chi connectivity index (χ1) is 18.7. The molecule has 0 unspecified atom stereocenters. The monoisotopic (exact) mass is 536 g/mol. The van der Waals surface area contributed by atoms with E-state index in [-0.39, 0.29) is 34.3 Å². The zero-order valence-electron chi connectivity index (χ0n) is 22.9. The molecule has 0 radical (unpaired) electrons. The first-order valence-corrected chi connectivity index (χ1v) is 13.1. The minimum atomic E-state index is -0.461. The number of aromatic hydroxyl groups is 2. The zero-order valence-corrected chi connectivity index (χ0v) is 22.9. The molecule has 208 valence electrons. The number of methoxy groups -OCH3 is 1. The minimum Gasteiger partial charge on any atom is -0.504 e. The number of aryl methyl sites for hydroxylation is 1. The van der Waals surface area contributed by atoms with Crippen molar-refractivity contribution in [1.29, 1.82) is 0 Å². The van der Waals surface area contributed by atoms with Crippen LogP contribution in [0.5, 0.6) is 23.0 Å². The summed E-state index contributed by atoms with van der Waals surface area (Å²) in [6.07, 6.45) is 9.25. The van der Waals surface area contributed by atoms with E-state index in [0.717, 1.165) is 19.3 Å². The number of hydrogen-bond acceptors (Lipinski definition) is 7. The van der Waals surface area contributed by atoms with Crippen molar-refractivity contribution < 1.29 is 29.3 Å². The number of rotatable bonds is 13. The number of fused-ring (bicyclic) bond motifs is 1. The summed E-state index contributed by atoms with van der Waals surface area (Å²) in [5.74, 6) is -1.24. The Labute approximate surface area is 227 Å². The molecule has 1 heterocycles. The number of phenols is 1. The van der Waals surface area contributed by atoms with Crippen LogP contribution < -0.4 is 20.3 Å². The van der Waals surface area contributed by atoms with Gasteiger partial charge in [0.1, 0.15) is 0 Å². The van der Waals surface area contributed by atoms with E-state index in [9.17, 15) is 24.6 Å². The van der Waals surface area contributed by atoms with Gasteiger partial charge in [-0.25, -0.2) is 0 Å². The summed E-state index contributed by atoms with van der Waals surface area (Å²) in [5, 5.41) is 24.0. The van der Waals surface area contributed by atoms with E-state index in [1.807, 2.05) is 0 Å². The number of carbonyl (C=O) groups is 2. The van der Waals surface area contributed by atoms with Gasteiger partial charge >= 0.3 is 0 Å². The van der Waals surface area contributed by atoms with Crippen molar-refractivity contribution in [3.63, 3.8) is 0 Å². The first-order valence-electron chi connectivity index (χ1n) is 13.1. The number of hydrogen-bond donors (Lipinski definition) is 3. The fraction of sp³-hybridized carbons (Fsp3) is 0.367. The number of aromatic nitrogens is 1. The van der Waals surface area contributed by atoms with Crippen LogP contribution in [0, 0.1) is 0 Å². The number of nitrogens with one attached hydrogen (secondary N) is 1. The van der Waals surface area contributed by atoms with Crippen molar-refractivity contribution in [2.45, 2.75) is 52.4 Å². The van der Waals surface area contributed by atoms with Crippen LogP contribution in [0.15, 0.2) is 41.2 Å². The number of unbranched alkanes of at least 4 members (excludes halogenated alkanes) is 5. The van der Waals surface area contributed by atoms with Crippen molar-refractivity contribution in [1.82, 2.24) is 4.57 Å². The Hall–Kier alpha value is -4.27. The molecule has 1 aromatic heterocycles. The number of ether oxygens (including phenoxy) is 2. The number of nitrogens with zero attached hydrogens (tertiary/aromatic N) is 1. The van der Waals surface area contributed by atoms with Gasteiger partial charge in [0.25, 0.3) is 5.56 Å². The molecule has 9 nitrogen and oxygen atoms in total. The Morgan fingerprint density at radius 2 is 1.74 bits per heavy atom. The molecule has 0 aliphatic rings. The van der Waals surface area contributed by atoms with E-state index >= 15 is 0 Å². The Kier molecular flexibility index (Phi) is 10.1. The lowest BCUT2D eigenvalue weighted by molar-refractivity contribution is -0.111. The number of benzene rings is 2. The first kappa shape index (κ1) is 29.3. The van der Waals surface area contributed by atoms with Gasteiger partial charge in [-0.2, -0.15) is 0 Å². The third-order valence-electron chi connectivity index (χ3n) is 6.46. The van der Waals surface area contributed by atoms with E-state index in [2.05, 4.69) is 12.2 Å². The number of anilines is 1. The highest BCUT2D eigenvalue weighted by Crippen LogP contribution is 2.33.